The summed E-state index contributed by atoms with van der Waals surface area (Å²) >= 11 is 1.67. The largest absolute Gasteiger partial charge is 0.378 e. The van der Waals surface area contributed by atoms with Crippen LogP contribution in [0.5, 0.6) is 0 Å². The third-order valence-corrected chi connectivity index (χ3v) is 4.33. The lowest BCUT2D eigenvalue weighted by molar-refractivity contribution is 0.122. The van der Waals surface area contributed by atoms with Gasteiger partial charge in [0.15, 0.2) is 0 Å². The third kappa shape index (κ3) is 3.08. The number of hydrogen-bond acceptors (Lipinski definition) is 6. The summed E-state index contributed by atoms with van der Waals surface area (Å²) in [4.78, 5) is 12.3. The molecule has 2 aromatic heterocycles. The number of aryl methyl sites for hydroxylation is 1. The summed E-state index contributed by atoms with van der Waals surface area (Å²) < 4.78 is 5.36. The van der Waals surface area contributed by atoms with E-state index < -0.39 is 0 Å². The van der Waals surface area contributed by atoms with E-state index in [9.17, 15) is 0 Å². The minimum atomic E-state index is 0.778. The molecule has 2 aromatic rings. The minimum absolute atomic E-state index is 0.778. The van der Waals surface area contributed by atoms with Gasteiger partial charge in [-0.05, 0) is 19.1 Å². The fourth-order valence-corrected chi connectivity index (χ4v) is 2.88. The molecule has 0 saturated carbocycles. The number of rotatable bonds is 4. The molecule has 20 heavy (non-hydrogen) atoms. The topological polar surface area (TPSA) is 50.3 Å². The number of thiazole rings is 1. The summed E-state index contributed by atoms with van der Waals surface area (Å²) in [5, 5.41) is 3.33. The molecule has 0 unspecified atom stereocenters. The zero-order chi connectivity index (χ0) is 13.8. The summed E-state index contributed by atoms with van der Waals surface area (Å²) in [5.74, 6) is 0.898. The average Bonchev–Trinajstić information content (AvgIpc) is 2.92. The standard InChI is InChI=1S/C14H18N4OS/c1-11-13(20-10-17-11)9-16-14-3-2-12(8-15-14)18-4-6-19-7-5-18/h2-3,8,10H,4-7,9H2,1H3,(H,15,16). The molecule has 3 heterocycles. The summed E-state index contributed by atoms with van der Waals surface area (Å²) in [6.07, 6.45) is 1.92. The average molecular weight is 290 g/mol. The maximum atomic E-state index is 5.36. The van der Waals surface area contributed by atoms with Crippen molar-refractivity contribution in [2.75, 3.05) is 36.5 Å². The Bertz CT molecular complexity index is 549. The first-order valence-corrected chi connectivity index (χ1v) is 7.62. The molecule has 1 fully saturated rings. The highest BCUT2D eigenvalue weighted by atomic mass is 32.1. The van der Waals surface area contributed by atoms with Crippen molar-refractivity contribution in [3.05, 3.63) is 34.4 Å². The summed E-state index contributed by atoms with van der Waals surface area (Å²) in [7, 11) is 0. The molecular formula is C14H18N4OS. The number of ether oxygens (including phenoxy) is 1. The van der Waals surface area contributed by atoms with Gasteiger partial charge in [-0.15, -0.1) is 11.3 Å². The Labute approximate surface area is 122 Å². The molecule has 5 nitrogen and oxygen atoms in total. The molecule has 6 heteroatoms. The van der Waals surface area contributed by atoms with Crippen molar-refractivity contribution in [2.24, 2.45) is 0 Å². The first kappa shape index (κ1) is 13.3. The fourth-order valence-electron chi connectivity index (χ4n) is 2.17. The zero-order valence-corrected chi connectivity index (χ0v) is 12.3. The highest BCUT2D eigenvalue weighted by Gasteiger charge is 2.11. The third-order valence-electron chi connectivity index (χ3n) is 3.40. The Morgan fingerprint density at radius 1 is 1.30 bits per heavy atom. The Balaban J connectivity index is 1.59. The van der Waals surface area contributed by atoms with Crippen LogP contribution in [0.3, 0.4) is 0 Å². The van der Waals surface area contributed by atoms with Crippen molar-refractivity contribution in [2.45, 2.75) is 13.5 Å². The molecule has 0 amide bonds. The molecule has 1 saturated heterocycles. The van der Waals surface area contributed by atoms with E-state index in [4.69, 9.17) is 4.74 Å². The Kier molecular flexibility index (Phi) is 4.13. The second-order valence-electron chi connectivity index (χ2n) is 4.72. The predicted octanol–water partition coefficient (Wildman–Crippen LogP) is 2.30. The number of anilines is 2. The molecule has 1 N–H and O–H groups in total. The molecule has 1 aliphatic rings. The molecule has 3 rings (SSSR count). The van der Waals surface area contributed by atoms with E-state index in [0.29, 0.717) is 0 Å². The van der Waals surface area contributed by atoms with E-state index in [1.54, 1.807) is 11.3 Å². The van der Waals surface area contributed by atoms with Gasteiger partial charge in [-0.25, -0.2) is 9.97 Å². The fraction of sp³-hybridized carbons (Fsp3) is 0.429. The molecule has 0 radical (unpaired) electrons. The molecule has 0 aliphatic carbocycles. The molecule has 1 aliphatic heterocycles. The Hall–Kier alpha value is -1.66. The van der Waals surface area contributed by atoms with Gasteiger partial charge < -0.3 is 15.0 Å². The van der Waals surface area contributed by atoms with Crippen LogP contribution in [0, 0.1) is 6.92 Å². The van der Waals surface area contributed by atoms with Crippen molar-refractivity contribution in [1.29, 1.82) is 0 Å². The molecule has 0 aromatic carbocycles. The highest BCUT2D eigenvalue weighted by molar-refractivity contribution is 7.09. The number of pyridine rings is 1. The second kappa shape index (κ2) is 6.19. The quantitative estimate of drug-likeness (QED) is 0.936. The van der Waals surface area contributed by atoms with Crippen LogP contribution in [-0.2, 0) is 11.3 Å². The molecule has 0 bridgehead atoms. The Morgan fingerprint density at radius 2 is 2.15 bits per heavy atom. The van der Waals surface area contributed by atoms with Crippen LogP contribution in [0.2, 0.25) is 0 Å². The van der Waals surface area contributed by atoms with Gasteiger partial charge in [-0.2, -0.15) is 0 Å². The van der Waals surface area contributed by atoms with E-state index in [2.05, 4.69) is 26.3 Å². The van der Waals surface area contributed by atoms with Gasteiger partial charge in [0.25, 0.3) is 0 Å². The van der Waals surface area contributed by atoms with Crippen molar-refractivity contribution in [3.63, 3.8) is 0 Å². The molecule has 0 atom stereocenters. The van der Waals surface area contributed by atoms with Gasteiger partial charge in [0.05, 0.1) is 42.8 Å². The van der Waals surface area contributed by atoms with Crippen LogP contribution in [0.15, 0.2) is 23.8 Å². The van der Waals surface area contributed by atoms with Gasteiger partial charge in [0.2, 0.25) is 0 Å². The van der Waals surface area contributed by atoms with Crippen LogP contribution in [0.1, 0.15) is 10.6 Å². The van der Waals surface area contributed by atoms with Gasteiger partial charge in [-0.3, -0.25) is 0 Å². The van der Waals surface area contributed by atoms with E-state index in [1.807, 2.05) is 24.7 Å². The Morgan fingerprint density at radius 3 is 2.80 bits per heavy atom. The van der Waals surface area contributed by atoms with Gasteiger partial charge in [0.1, 0.15) is 5.82 Å². The smallest absolute Gasteiger partial charge is 0.126 e. The minimum Gasteiger partial charge on any atom is -0.378 e. The van der Waals surface area contributed by atoms with Crippen molar-refractivity contribution in [1.82, 2.24) is 9.97 Å². The van der Waals surface area contributed by atoms with E-state index >= 15 is 0 Å². The summed E-state index contributed by atoms with van der Waals surface area (Å²) in [6, 6.07) is 4.14. The molecule has 106 valence electrons. The number of hydrogen-bond donors (Lipinski definition) is 1. The maximum Gasteiger partial charge on any atom is 0.126 e. The van der Waals surface area contributed by atoms with Crippen molar-refractivity contribution >= 4 is 22.8 Å². The van der Waals surface area contributed by atoms with Gasteiger partial charge in [0, 0.05) is 18.0 Å². The lowest BCUT2D eigenvalue weighted by atomic mass is 10.3. The lowest BCUT2D eigenvalue weighted by Gasteiger charge is -2.28. The first-order chi connectivity index (χ1) is 9.83. The molecular weight excluding hydrogens is 272 g/mol. The highest BCUT2D eigenvalue weighted by Crippen LogP contribution is 2.18. The number of morpholine rings is 1. The number of nitrogens with zero attached hydrogens (tertiary/aromatic N) is 3. The van der Waals surface area contributed by atoms with Crippen molar-refractivity contribution in [3.8, 4) is 0 Å². The monoisotopic (exact) mass is 290 g/mol. The predicted molar refractivity (Wildman–Crippen MR) is 81.4 cm³/mol. The van der Waals surface area contributed by atoms with Crippen LogP contribution in [0.25, 0.3) is 0 Å². The normalized spacial score (nSPS) is 15.3. The summed E-state index contributed by atoms with van der Waals surface area (Å²) in [6.45, 7) is 6.28. The number of nitrogens with one attached hydrogen (secondary N) is 1. The lowest BCUT2D eigenvalue weighted by Crippen LogP contribution is -2.36. The van der Waals surface area contributed by atoms with Gasteiger partial charge >= 0.3 is 0 Å². The summed E-state index contributed by atoms with van der Waals surface area (Å²) in [5.41, 5.74) is 4.13. The number of aromatic nitrogens is 2. The van der Waals surface area contributed by atoms with E-state index in [0.717, 1.165) is 50.0 Å². The van der Waals surface area contributed by atoms with Crippen LogP contribution in [0.4, 0.5) is 11.5 Å². The zero-order valence-electron chi connectivity index (χ0n) is 11.5. The van der Waals surface area contributed by atoms with E-state index in [-0.39, 0.29) is 0 Å². The second-order valence-corrected chi connectivity index (χ2v) is 5.65. The van der Waals surface area contributed by atoms with Crippen LogP contribution < -0.4 is 10.2 Å². The van der Waals surface area contributed by atoms with E-state index in [1.165, 1.54) is 4.88 Å². The van der Waals surface area contributed by atoms with Crippen molar-refractivity contribution < 1.29 is 4.74 Å². The van der Waals surface area contributed by atoms with Crippen LogP contribution in [-0.4, -0.2) is 36.3 Å². The van der Waals surface area contributed by atoms with Crippen LogP contribution >= 0.6 is 11.3 Å². The molecule has 0 spiro atoms. The maximum absolute atomic E-state index is 5.36. The van der Waals surface area contributed by atoms with Gasteiger partial charge in [-0.1, -0.05) is 0 Å². The first-order valence-electron chi connectivity index (χ1n) is 6.74. The SMILES string of the molecule is Cc1ncsc1CNc1ccc(N2CCOCC2)cn1.